The molecule has 11 nitrogen and oxygen atoms in total. The van der Waals surface area contributed by atoms with Crippen LogP contribution in [0.1, 0.15) is 18.5 Å². The SMILES string of the molecule is CN1CCCc2n[nH]c3c(F)ccc(c23)-c2cccc(n2)N[C@H]2C[C@@H](C1=O)N(c1ncnc3c1cnn3-c1ccc(F)cc1F)C2. The minimum atomic E-state index is -0.781. The number of nitrogens with one attached hydrogen (secondary N) is 2. The van der Waals surface area contributed by atoms with Gasteiger partial charge in [-0.2, -0.15) is 10.2 Å². The lowest BCUT2D eigenvalue weighted by Gasteiger charge is -2.28. The summed E-state index contributed by atoms with van der Waals surface area (Å²) < 4.78 is 44.4. The summed E-state index contributed by atoms with van der Waals surface area (Å²) >= 11 is 0. The fourth-order valence-electron chi connectivity index (χ4n) is 6.58. The molecule has 0 saturated carbocycles. The summed E-state index contributed by atoms with van der Waals surface area (Å²) in [4.78, 5) is 31.5. The molecule has 6 heterocycles. The summed E-state index contributed by atoms with van der Waals surface area (Å²) in [6.07, 6.45) is 4.47. The topological polar surface area (TPSA) is 121 Å². The van der Waals surface area contributed by atoms with E-state index in [0.29, 0.717) is 77.3 Å². The van der Waals surface area contributed by atoms with Gasteiger partial charge in [0, 0.05) is 43.2 Å². The lowest BCUT2D eigenvalue weighted by atomic mass is 10.0. The van der Waals surface area contributed by atoms with E-state index >= 15 is 0 Å². The van der Waals surface area contributed by atoms with Crippen LogP contribution in [-0.2, 0) is 11.2 Å². The lowest BCUT2D eigenvalue weighted by molar-refractivity contribution is -0.131. The molecule has 2 atom stereocenters. The molecule has 4 aromatic heterocycles. The Kier molecular flexibility index (Phi) is 6.58. The third-order valence-electron chi connectivity index (χ3n) is 8.75. The van der Waals surface area contributed by atoms with E-state index in [1.54, 1.807) is 18.0 Å². The number of aromatic amines is 1. The maximum atomic E-state index is 14.7. The van der Waals surface area contributed by atoms with Gasteiger partial charge in [0.05, 0.1) is 23.0 Å². The van der Waals surface area contributed by atoms with Crippen molar-refractivity contribution in [2.75, 3.05) is 30.4 Å². The Morgan fingerprint density at radius 2 is 1.91 bits per heavy atom. The zero-order valence-electron chi connectivity index (χ0n) is 24.6. The Bertz CT molecular complexity index is 2150. The van der Waals surface area contributed by atoms with Crippen molar-refractivity contribution >= 4 is 39.5 Å². The summed E-state index contributed by atoms with van der Waals surface area (Å²) in [5.74, 6) is -0.876. The number of carbonyl (C=O) groups is 1. The van der Waals surface area contributed by atoms with E-state index in [0.717, 1.165) is 17.7 Å². The predicted octanol–water partition coefficient (Wildman–Crippen LogP) is 4.64. The number of nitrogens with zero attached hydrogens (tertiary/aromatic N) is 8. The van der Waals surface area contributed by atoms with Crippen LogP contribution in [0, 0.1) is 17.5 Å². The average molecular weight is 625 g/mol. The number of halogens is 3. The van der Waals surface area contributed by atoms with Crippen LogP contribution in [0.15, 0.2) is 61.1 Å². The van der Waals surface area contributed by atoms with Crippen molar-refractivity contribution in [1.82, 2.24) is 39.8 Å². The van der Waals surface area contributed by atoms with Gasteiger partial charge in [-0.25, -0.2) is 32.8 Å². The number of hydrogen-bond donors (Lipinski definition) is 2. The van der Waals surface area contributed by atoms with Gasteiger partial charge < -0.3 is 15.1 Å². The number of fused-ring (bicyclic) bond motifs is 6. The number of pyridine rings is 1. The molecule has 8 rings (SSSR count). The van der Waals surface area contributed by atoms with Crippen LogP contribution in [0.25, 0.3) is 38.9 Å². The van der Waals surface area contributed by atoms with Crippen molar-refractivity contribution in [2.24, 2.45) is 0 Å². The Morgan fingerprint density at radius 1 is 1.02 bits per heavy atom. The number of rotatable bonds is 2. The molecule has 2 aromatic carbocycles. The Balaban J connectivity index is 1.19. The highest BCUT2D eigenvalue weighted by molar-refractivity contribution is 5.96. The third-order valence-corrected chi connectivity index (χ3v) is 8.75. The molecule has 0 radical (unpaired) electrons. The van der Waals surface area contributed by atoms with Gasteiger partial charge in [-0.1, -0.05) is 6.07 Å². The van der Waals surface area contributed by atoms with Gasteiger partial charge in [-0.05, 0) is 55.7 Å². The normalized spacial score (nSPS) is 18.6. The van der Waals surface area contributed by atoms with Crippen molar-refractivity contribution in [2.45, 2.75) is 31.3 Å². The van der Waals surface area contributed by atoms with Crippen LogP contribution in [0.4, 0.5) is 24.8 Å². The summed E-state index contributed by atoms with van der Waals surface area (Å²) in [6.45, 7) is 0.859. The molecule has 6 aromatic rings. The molecule has 14 heteroatoms. The van der Waals surface area contributed by atoms with Crippen LogP contribution in [-0.4, -0.2) is 78.0 Å². The zero-order chi connectivity index (χ0) is 31.5. The second-order valence-electron chi connectivity index (χ2n) is 11.6. The molecule has 2 aliphatic heterocycles. The molecule has 232 valence electrons. The molecule has 2 aliphatic rings. The largest absolute Gasteiger partial charge is 0.365 e. The van der Waals surface area contributed by atoms with E-state index in [9.17, 15) is 18.0 Å². The standard InChI is InChI=1S/C32H27F3N10O/c1-43-11-3-5-24-28-19(8-9-21(34)29(28)42-41-24)23-4-2-6-27(40-23)39-18-13-26(32(43)46)44(15-18)30-20-14-38-45(31(20)37-16-36-30)25-10-7-17(33)12-22(25)35/h2,4,6-10,12,14,16,18,26H,3,5,11,13,15H2,1H3,(H,39,40)(H,41,42)/t18-,26-/m0/s1. The number of carbonyl (C=O) groups excluding carboxylic acids is 1. The van der Waals surface area contributed by atoms with Gasteiger partial charge in [0.2, 0.25) is 5.91 Å². The van der Waals surface area contributed by atoms with Gasteiger partial charge in [0.25, 0.3) is 0 Å². The first kappa shape index (κ1) is 28.0. The quantitative estimate of drug-likeness (QED) is 0.286. The molecule has 0 unspecified atom stereocenters. The molecular formula is C32H27F3N10O. The fourth-order valence-corrected chi connectivity index (χ4v) is 6.58. The maximum absolute atomic E-state index is 14.7. The van der Waals surface area contributed by atoms with Gasteiger partial charge in [0.1, 0.15) is 46.8 Å². The number of likely N-dealkylation sites (N-methyl/N-ethyl adjacent to an activating group) is 1. The Labute approximate surface area is 260 Å². The highest BCUT2D eigenvalue weighted by Gasteiger charge is 2.40. The van der Waals surface area contributed by atoms with Crippen LogP contribution >= 0.6 is 0 Å². The molecule has 1 fully saturated rings. The highest BCUT2D eigenvalue weighted by Crippen LogP contribution is 2.35. The summed E-state index contributed by atoms with van der Waals surface area (Å²) in [5, 5.41) is 16.3. The van der Waals surface area contributed by atoms with E-state index in [4.69, 9.17) is 4.98 Å². The molecule has 2 N–H and O–H groups in total. The lowest BCUT2D eigenvalue weighted by Crippen LogP contribution is -2.45. The minimum Gasteiger partial charge on any atom is -0.365 e. The predicted molar refractivity (Wildman–Crippen MR) is 165 cm³/mol. The molecule has 46 heavy (non-hydrogen) atoms. The first-order valence-corrected chi connectivity index (χ1v) is 14.9. The third kappa shape index (κ3) is 4.59. The van der Waals surface area contributed by atoms with E-state index in [2.05, 4.69) is 30.6 Å². The Morgan fingerprint density at radius 3 is 2.78 bits per heavy atom. The fraction of sp³-hybridized carbons (Fsp3) is 0.250. The molecule has 0 spiro atoms. The number of H-pyrrole nitrogens is 1. The number of hydrogen-bond acceptors (Lipinski definition) is 8. The summed E-state index contributed by atoms with van der Waals surface area (Å²) in [6, 6.07) is 11.2. The first-order chi connectivity index (χ1) is 22.4. The molecule has 4 bridgehead atoms. The van der Waals surface area contributed by atoms with Gasteiger partial charge >= 0.3 is 0 Å². The van der Waals surface area contributed by atoms with Crippen molar-refractivity contribution in [3.63, 3.8) is 0 Å². The van der Waals surface area contributed by atoms with Gasteiger partial charge in [-0.15, -0.1) is 0 Å². The van der Waals surface area contributed by atoms with E-state index < -0.39 is 17.7 Å². The van der Waals surface area contributed by atoms with Crippen LogP contribution in [0.5, 0.6) is 0 Å². The summed E-state index contributed by atoms with van der Waals surface area (Å²) in [5.41, 5.74) is 2.85. The number of aromatic nitrogens is 7. The maximum Gasteiger partial charge on any atom is 0.245 e. The second-order valence-corrected chi connectivity index (χ2v) is 11.6. The van der Waals surface area contributed by atoms with Crippen LogP contribution < -0.4 is 10.2 Å². The van der Waals surface area contributed by atoms with E-state index in [1.807, 2.05) is 23.1 Å². The van der Waals surface area contributed by atoms with Crippen molar-refractivity contribution in [3.05, 3.63) is 84.2 Å². The van der Waals surface area contributed by atoms with Crippen molar-refractivity contribution in [1.29, 1.82) is 0 Å². The average Bonchev–Trinajstić information content (AvgIpc) is 3.78. The molecular weight excluding hydrogens is 597 g/mol. The highest BCUT2D eigenvalue weighted by atomic mass is 19.1. The Hall–Kier alpha value is -5.53. The molecule has 1 amide bonds. The summed E-state index contributed by atoms with van der Waals surface area (Å²) in [7, 11) is 1.77. The van der Waals surface area contributed by atoms with Crippen LogP contribution in [0.3, 0.4) is 0 Å². The van der Waals surface area contributed by atoms with Crippen molar-refractivity contribution in [3.8, 4) is 16.9 Å². The molecule has 1 saturated heterocycles. The molecule has 0 aliphatic carbocycles. The van der Waals surface area contributed by atoms with Crippen LogP contribution in [0.2, 0.25) is 0 Å². The first-order valence-electron chi connectivity index (χ1n) is 14.9. The number of aryl methyl sites for hydroxylation is 1. The minimum absolute atomic E-state index is 0.0419. The number of amides is 1. The number of benzene rings is 2. The van der Waals surface area contributed by atoms with Gasteiger partial charge in [-0.3, -0.25) is 9.89 Å². The van der Waals surface area contributed by atoms with E-state index in [1.165, 1.54) is 29.3 Å². The second kappa shape index (κ2) is 10.8. The van der Waals surface area contributed by atoms with E-state index in [-0.39, 0.29) is 23.5 Å². The zero-order valence-corrected chi connectivity index (χ0v) is 24.6. The number of anilines is 2. The smallest absolute Gasteiger partial charge is 0.245 e. The monoisotopic (exact) mass is 624 g/mol. The van der Waals surface area contributed by atoms with Crippen molar-refractivity contribution < 1.29 is 18.0 Å². The van der Waals surface area contributed by atoms with Gasteiger partial charge in [0.15, 0.2) is 11.5 Å².